The standard InChI is InChI=1S/C24H20Cl2O3Si3/c25-32(26)28-30(21-13-5-1-6-14-21,22-15-7-2-8-16-22)27-31(29-32,23-17-9-3-10-18-23)24-19-11-4-12-20-24/h1-20H. The monoisotopic (exact) mass is 510 g/mol. The van der Waals surface area contributed by atoms with Crippen LogP contribution in [0.5, 0.6) is 0 Å². The minimum Gasteiger partial charge on any atom is -0.402 e. The lowest BCUT2D eigenvalue weighted by molar-refractivity contribution is 0.279. The Bertz CT molecular complexity index is 1010. The third-order valence-corrected chi connectivity index (χ3v) is 19.1. The number of halogens is 2. The molecular formula is C24H20Cl2O3Si3. The molecule has 0 spiro atoms. The van der Waals surface area contributed by atoms with Crippen LogP contribution in [0.25, 0.3) is 0 Å². The number of hydrogen-bond acceptors (Lipinski definition) is 3. The van der Waals surface area contributed by atoms with Crippen LogP contribution >= 0.6 is 22.2 Å². The van der Waals surface area contributed by atoms with Crippen LogP contribution in [-0.4, -0.2) is 24.3 Å². The van der Waals surface area contributed by atoms with E-state index >= 15 is 0 Å². The van der Waals surface area contributed by atoms with Gasteiger partial charge >= 0.3 is 24.3 Å². The Morgan fingerprint density at radius 3 is 0.875 bits per heavy atom. The molecule has 0 amide bonds. The predicted molar refractivity (Wildman–Crippen MR) is 137 cm³/mol. The molecule has 0 radical (unpaired) electrons. The first-order valence-electron chi connectivity index (χ1n) is 10.2. The van der Waals surface area contributed by atoms with Crippen molar-refractivity contribution in [3.8, 4) is 0 Å². The summed E-state index contributed by atoms with van der Waals surface area (Å²) >= 11 is 13.8. The Balaban J connectivity index is 1.82. The average molecular weight is 512 g/mol. The van der Waals surface area contributed by atoms with Crippen LogP contribution in [-0.2, 0) is 12.3 Å². The molecule has 1 saturated heterocycles. The lowest BCUT2D eigenvalue weighted by atomic mass is 10.4. The molecule has 4 aromatic carbocycles. The zero-order valence-electron chi connectivity index (χ0n) is 17.0. The Hall–Kier alpha value is -2.01. The Labute approximate surface area is 200 Å². The molecular weight excluding hydrogens is 491 g/mol. The highest BCUT2D eigenvalue weighted by atomic mass is 35.7. The number of hydrogen-bond donors (Lipinski definition) is 0. The van der Waals surface area contributed by atoms with E-state index in [0.29, 0.717) is 0 Å². The summed E-state index contributed by atoms with van der Waals surface area (Å²) in [7, 11) is -10.3. The van der Waals surface area contributed by atoms with Crippen molar-refractivity contribution >= 4 is 67.2 Å². The van der Waals surface area contributed by atoms with Crippen LogP contribution in [0.3, 0.4) is 0 Å². The maximum atomic E-state index is 7.24. The lowest BCUT2D eigenvalue weighted by Gasteiger charge is -2.49. The van der Waals surface area contributed by atoms with Gasteiger partial charge in [0.1, 0.15) is 0 Å². The van der Waals surface area contributed by atoms with Gasteiger partial charge in [-0.05, 0) is 20.7 Å². The molecule has 1 heterocycles. The molecule has 0 aromatic heterocycles. The van der Waals surface area contributed by atoms with Gasteiger partial charge in [0, 0.05) is 0 Å². The summed E-state index contributed by atoms with van der Waals surface area (Å²) in [6.07, 6.45) is 0. The average Bonchev–Trinajstić information content (AvgIpc) is 2.85. The van der Waals surface area contributed by atoms with Crippen molar-refractivity contribution in [2.24, 2.45) is 0 Å². The Morgan fingerprint density at radius 1 is 0.375 bits per heavy atom. The second kappa shape index (κ2) is 8.74. The molecule has 0 atom stereocenters. The molecule has 5 rings (SSSR count). The van der Waals surface area contributed by atoms with Gasteiger partial charge < -0.3 is 12.3 Å². The molecule has 32 heavy (non-hydrogen) atoms. The third kappa shape index (κ3) is 3.93. The van der Waals surface area contributed by atoms with E-state index in [1.807, 2.05) is 121 Å². The summed E-state index contributed by atoms with van der Waals surface area (Å²) in [5.41, 5.74) is 0. The Kier molecular flexibility index (Phi) is 5.96. The van der Waals surface area contributed by atoms with Crippen LogP contribution in [0.15, 0.2) is 121 Å². The van der Waals surface area contributed by atoms with Crippen LogP contribution < -0.4 is 20.7 Å². The summed E-state index contributed by atoms with van der Waals surface area (Å²) in [5, 5.41) is 3.76. The predicted octanol–water partition coefficient (Wildman–Crippen LogP) is 3.48. The van der Waals surface area contributed by atoms with Gasteiger partial charge in [-0.15, -0.1) is 0 Å². The molecule has 4 aromatic rings. The van der Waals surface area contributed by atoms with E-state index in [1.165, 1.54) is 0 Å². The maximum Gasteiger partial charge on any atom is 0.534 e. The molecule has 3 nitrogen and oxygen atoms in total. The summed E-state index contributed by atoms with van der Waals surface area (Å²) in [6.45, 7) is 0. The largest absolute Gasteiger partial charge is 0.534 e. The SMILES string of the molecule is Cl[Si]1(Cl)O[Si](c2ccccc2)(c2ccccc2)O[Si](c2ccccc2)(c2ccccc2)O1. The minimum atomic E-state index is -3.65. The summed E-state index contributed by atoms with van der Waals surface area (Å²) in [6, 6.07) is 39.9. The van der Waals surface area contributed by atoms with Crippen LogP contribution in [0.1, 0.15) is 0 Å². The maximum absolute atomic E-state index is 7.24. The summed E-state index contributed by atoms with van der Waals surface area (Å²) < 4.78 is 20.3. The van der Waals surface area contributed by atoms with E-state index in [1.54, 1.807) is 0 Å². The zero-order chi connectivity index (χ0) is 22.1. The highest BCUT2D eigenvalue weighted by Crippen LogP contribution is 2.35. The van der Waals surface area contributed by atoms with Gasteiger partial charge in [-0.1, -0.05) is 143 Å². The Morgan fingerprint density at radius 2 is 0.625 bits per heavy atom. The number of rotatable bonds is 4. The fraction of sp³-hybridized carbons (Fsp3) is 0. The van der Waals surface area contributed by atoms with Gasteiger partial charge in [-0.2, -0.15) is 0 Å². The van der Waals surface area contributed by atoms with Gasteiger partial charge in [0.2, 0.25) is 0 Å². The molecule has 8 heteroatoms. The van der Waals surface area contributed by atoms with Crippen LogP contribution in [0.2, 0.25) is 0 Å². The van der Waals surface area contributed by atoms with Crippen molar-refractivity contribution in [3.63, 3.8) is 0 Å². The van der Waals surface area contributed by atoms with Crippen molar-refractivity contribution in [2.75, 3.05) is 0 Å². The zero-order valence-corrected chi connectivity index (χ0v) is 21.5. The van der Waals surface area contributed by atoms with Crippen LogP contribution in [0, 0.1) is 0 Å². The van der Waals surface area contributed by atoms with E-state index < -0.39 is 24.3 Å². The first-order chi connectivity index (χ1) is 15.5. The van der Waals surface area contributed by atoms with Gasteiger partial charge in [0.15, 0.2) is 0 Å². The molecule has 0 bridgehead atoms. The molecule has 1 aliphatic rings. The van der Waals surface area contributed by atoms with Crippen molar-refractivity contribution in [2.45, 2.75) is 0 Å². The van der Waals surface area contributed by atoms with Crippen molar-refractivity contribution in [3.05, 3.63) is 121 Å². The molecule has 0 saturated carbocycles. The van der Waals surface area contributed by atoms with Crippen molar-refractivity contribution in [1.82, 2.24) is 0 Å². The molecule has 0 unspecified atom stereocenters. The highest BCUT2D eigenvalue weighted by Gasteiger charge is 2.65. The molecule has 0 aliphatic carbocycles. The molecule has 1 fully saturated rings. The quantitative estimate of drug-likeness (QED) is 0.310. The second-order valence-electron chi connectivity index (χ2n) is 7.47. The van der Waals surface area contributed by atoms with Crippen molar-refractivity contribution < 1.29 is 12.3 Å². The second-order valence-corrected chi connectivity index (χ2v) is 19.2. The number of benzene rings is 4. The third-order valence-electron chi connectivity index (χ3n) is 5.43. The van der Waals surface area contributed by atoms with Crippen LogP contribution in [0.4, 0.5) is 0 Å². The first-order valence-corrected chi connectivity index (χ1v) is 17.7. The minimum absolute atomic E-state index is 0.941. The lowest BCUT2D eigenvalue weighted by Crippen LogP contribution is -2.82. The van der Waals surface area contributed by atoms with E-state index in [4.69, 9.17) is 34.5 Å². The van der Waals surface area contributed by atoms with E-state index in [2.05, 4.69) is 0 Å². The van der Waals surface area contributed by atoms with E-state index in [-0.39, 0.29) is 0 Å². The topological polar surface area (TPSA) is 27.7 Å². The van der Waals surface area contributed by atoms with Gasteiger partial charge in [-0.3, -0.25) is 0 Å². The van der Waals surface area contributed by atoms with Gasteiger partial charge in [0.05, 0.1) is 0 Å². The van der Waals surface area contributed by atoms with E-state index in [9.17, 15) is 0 Å². The fourth-order valence-corrected chi connectivity index (χ4v) is 20.8. The summed E-state index contributed by atoms with van der Waals surface area (Å²) in [5.74, 6) is 0. The van der Waals surface area contributed by atoms with Gasteiger partial charge in [0.25, 0.3) is 0 Å². The van der Waals surface area contributed by atoms with Gasteiger partial charge in [-0.25, -0.2) is 0 Å². The van der Waals surface area contributed by atoms with E-state index in [0.717, 1.165) is 20.7 Å². The normalized spacial score (nSPS) is 18.7. The first kappa shape index (κ1) is 21.8. The fourth-order valence-electron chi connectivity index (χ4n) is 4.03. The van der Waals surface area contributed by atoms with Crippen molar-refractivity contribution in [1.29, 1.82) is 0 Å². The smallest absolute Gasteiger partial charge is 0.402 e. The molecule has 160 valence electrons. The summed E-state index contributed by atoms with van der Waals surface area (Å²) in [4.78, 5) is 0. The molecule has 0 N–H and O–H groups in total. The molecule has 1 aliphatic heterocycles. The highest BCUT2D eigenvalue weighted by molar-refractivity contribution is 7.43.